The molecule has 1 N–H and O–H groups in total. The largest absolute Gasteiger partial charge is 0.272 e. The van der Waals surface area contributed by atoms with Gasteiger partial charge in [0.15, 0.2) is 0 Å². The second-order valence-electron chi connectivity index (χ2n) is 4.49. The number of hydrogen-bond donors (Lipinski definition) is 1. The van der Waals surface area contributed by atoms with Crippen molar-refractivity contribution in [1.29, 1.82) is 0 Å². The first-order valence-corrected chi connectivity index (χ1v) is 7.83. The Balaban J connectivity index is 1.78. The molecule has 0 saturated carbocycles. The van der Waals surface area contributed by atoms with Crippen LogP contribution in [0.15, 0.2) is 70.9 Å². The Morgan fingerprint density at radius 3 is 2.73 bits per heavy atom. The fourth-order valence-electron chi connectivity index (χ4n) is 1.57. The summed E-state index contributed by atoms with van der Waals surface area (Å²) in [6.07, 6.45) is 5.52. The Hall–Kier alpha value is -2.40. The zero-order chi connectivity index (χ0) is 15.6. The number of pyridine rings is 1. The Morgan fingerprint density at radius 1 is 1.23 bits per heavy atom. The summed E-state index contributed by atoms with van der Waals surface area (Å²) in [7, 11) is 0. The molecule has 1 aromatic carbocycles. The van der Waals surface area contributed by atoms with Crippen molar-refractivity contribution >= 4 is 29.5 Å². The van der Waals surface area contributed by atoms with Gasteiger partial charge in [-0.05, 0) is 30.7 Å². The van der Waals surface area contributed by atoms with Crippen LogP contribution < -0.4 is 5.43 Å². The highest BCUT2D eigenvalue weighted by Gasteiger charge is 2.01. The highest BCUT2D eigenvalue weighted by molar-refractivity contribution is 7.99. The number of carbonyl (C=O) groups is 1. The molecule has 1 aromatic heterocycles. The smallest absolute Gasteiger partial charge is 0.250 e. The van der Waals surface area contributed by atoms with Crippen molar-refractivity contribution in [3.05, 3.63) is 66.4 Å². The van der Waals surface area contributed by atoms with Gasteiger partial charge in [-0.15, -0.1) is 0 Å². The van der Waals surface area contributed by atoms with Crippen molar-refractivity contribution in [2.24, 2.45) is 5.10 Å². The minimum Gasteiger partial charge on any atom is -0.272 e. The highest BCUT2D eigenvalue weighted by atomic mass is 32.2. The highest BCUT2D eigenvalue weighted by Crippen LogP contribution is 2.12. The van der Waals surface area contributed by atoms with Crippen molar-refractivity contribution in [3.63, 3.8) is 0 Å². The van der Waals surface area contributed by atoms with E-state index in [2.05, 4.69) is 15.5 Å². The zero-order valence-electron chi connectivity index (χ0n) is 12.3. The molecule has 0 saturated heterocycles. The number of carbonyl (C=O) groups excluding carboxylic acids is 1. The van der Waals surface area contributed by atoms with E-state index in [1.54, 1.807) is 6.20 Å². The van der Waals surface area contributed by atoms with Gasteiger partial charge >= 0.3 is 0 Å². The van der Waals surface area contributed by atoms with Crippen LogP contribution in [0.25, 0.3) is 6.08 Å². The van der Waals surface area contributed by atoms with Crippen molar-refractivity contribution in [2.75, 3.05) is 5.75 Å². The summed E-state index contributed by atoms with van der Waals surface area (Å²) >= 11 is 1.38. The molecule has 2 rings (SSSR count). The molecule has 0 aliphatic heterocycles. The monoisotopic (exact) mass is 311 g/mol. The van der Waals surface area contributed by atoms with Crippen molar-refractivity contribution in [1.82, 2.24) is 10.4 Å². The predicted molar refractivity (Wildman–Crippen MR) is 91.7 cm³/mol. The number of rotatable bonds is 6. The molecule has 0 bridgehead atoms. The third kappa shape index (κ3) is 5.93. The van der Waals surface area contributed by atoms with Gasteiger partial charge in [0.25, 0.3) is 0 Å². The molecule has 0 aliphatic rings. The number of hydrazone groups is 1. The molecule has 0 aliphatic carbocycles. The van der Waals surface area contributed by atoms with Crippen molar-refractivity contribution in [3.8, 4) is 0 Å². The SMILES string of the molecule is CC(C=Cc1ccccc1)=NNC(=O)CSc1ccccn1. The lowest BCUT2D eigenvalue weighted by atomic mass is 10.2. The van der Waals surface area contributed by atoms with Gasteiger partial charge in [-0.1, -0.05) is 54.2 Å². The molecule has 0 radical (unpaired) electrons. The lowest BCUT2D eigenvalue weighted by Gasteiger charge is -2.00. The maximum absolute atomic E-state index is 11.7. The van der Waals surface area contributed by atoms with Crippen molar-refractivity contribution in [2.45, 2.75) is 11.9 Å². The molecule has 1 heterocycles. The summed E-state index contributed by atoms with van der Waals surface area (Å²) in [5, 5.41) is 4.87. The first-order chi connectivity index (χ1) is 10.7. The molecule has 4 nitrogen and oxygen atoms in total. The Kier molecular flexibility index (Phi) is 6.39. The normalized spacial score (nSPS) is 11.6. The maximum atomic E-state index is 11.7. The van der Waals surface area contributed by atoms with Gasteiger partial charge in [0.2, 0.25) is 5.91 Å². The standard InChI is InChI=1S/C17H17N3OS/c1-14(10-11-15-7-3-2-4-8-15)19-20-16(21)13-22-17-9-5-6-12-18-17/h2-12H,13H2,1H3,(H,20,21). The fourth-order valence-corrected chi connectivity index (χ4v) is 2.23. The number of thioether (sulfide) groups is 1. The van der Waals surface area contributed by atoms with E-state index in [1.807, 2.05) is 67.6 Å². The fraction of sp³-hybridized carbons (Fsp3) is 0.118. The predicted octanol–water partition coefficient (Wildman–Crippen LogP) is 3.38. The van der Waals surface area contributed by atoms with Gasteiger partial charge in [-0.25, -0.2) is 10.4 Å². The number of allylic oxidation sites excluding steroid dienone is 1. The number of nitrogens with zero attached hydrogens (tertiary/aromatic N) is 2. The molecular formula is C17H17N3OS. The average molecular weight is 311 g/mol. The van der Waals surface area contributed by atoms with E-state index in [1.165, 1.54) is 11.8 Å². The van der Waals surface area contributed by atoms with E-state index in [-0.39, 0.29) is 11.7 Å². The summed E-state index contributed by atoms with van der Waals surface area (Å²) in [6, 6.07) is 15.5. The number of benzene rings is 1. The molecule has 0 fully saturated rings. The summed E-state index contributed by atoms with van der Waals surface area (Å²) in [5.41, 5.74) is 4.37. The molecular weight excluding hydrogens is 294 g/mol. The van der Waals surface area contributed by atoms with Gasteiger partial charge in [-0.2, -0.15) is 5.10 Å². The van der Waals surface area contributed by atoms with E-state index in [4.69, 9.17) is 0 Å². The Labute approximate surface area is 134 Å². The second kappa shape index (κ2) is 8.79. The molecule has 0 atom stereocenters. The number of hydrogen-bond acceptors (Lipinski definition) is 4. The van der Waals surface area contributed by atoms with Gasteiger partial charge in [0.1, 0.15) is 0 Å². The lowest BCUT2D eigenvalue weighted by molar-refractivity contribution is -0.118. The maximum Gasteiger partial charge on any atom is 0.250 e. The van der Waals surface area contributed by atoms with E-state index < -0.39 is 0 Å². The van der Waals surface area contributed by atoms with Crippen LogP contribution >= 0.6 is 11.8 Å². The van der Waals surface area contributed by atoms with Crippen molar-refractivity contribution < 1.29 is 4.79 Å². The van der Waals surface area contributed by atoms with Gasteiger partial charge < -0.3 is 0 Å². The number of nitrogens with one attached hydrogen (secondary N) is 1. The molecule has 0 unspecified atom stereocenters. The Morgan fingerprint density at radius 2 is 2.00 bits per heavy atom. The minimum absolute atomic E-state index is 0.150. The van der Waals surface area contributed by atoms with Crippen LogP contribution in [0.5, 0.6) is 0 Å². The van der Waals surface area contributed by atoms with Gasteiger partial charge in [0.05, 0.1) is 16.5 Å². The quantitative estimate of drug-likeness (QED) is 0.505. The van der Waals surface area contributed by atoms with Crippen LogP contribution in [0.2, 0.25) is 0 Å². The summed E-state index contributed by atoms with van der Waals surface area (Å²) in [6.45, 7) is 1.84. The van der Waals surface area contributed by atoms with Crippen LogP contribution in [-0.4, -0.2) is 22.4 Å². The van der Waals surface area contributed by atoms with Crippen LogP contribution in [0.1, 0.15) is 12.5 Å². The van der Waals surface area contributed by atoms with E-state index >= 15 is 0 Å². The first kappa shape index (κ1) is 16.0. The lowest BCUT2D eigenvalue weighted by Crippen LogP contribution is -2.20. The van der Waals surface area contributed by atoms with E-state index in [0.717, 1.165) is 16.3 Å². The minimum atomic E-state index is -0.150. The summed E-state index contributed by atoms with van der Waals surface area (Å²) in [5.74, 6) is 0.138. The molecule has 2 aromatic rings. The molecule has 5 heteroatoms. The van der Waals surface area contributed by atoms with Gasteiger partial charge in [-0.3, -0.25) is 4.79 Å². The zero-order valence-corrected chi connectivity index (χ0v) is 13.1. The molecule has 1 amide bonds. The third-order valence-corrected chi connectivity index (χ3v) is 3.61. The summed E-state index contributed by atoms with van der Waals surface area (Å²) in [4.78, 5) is 15.8. The average Bonchev–Trinajstić information content (AvgIpc) is 2.58. The van der Waals surface area contributed by atoms with Crippen LogP contribution in [0.4, 0.5) is 0 Å². The number of aromatic nitrogens is 1. The first-order valence-electron chi connectivity index (χ1n) is 6.84. The molecule has 22 heavy (non-hydrogen) atoms. The van der Waals surface area contributed by atoms with E-state index in [9.17, 15) is 4.79 Å². The third-order valence-electron chi connectivity index (χ3n) is 2.66. The second-order valence-corrected chi connectivity index (χ2v) is 5.48. The van der Waals surface area contributed by atoms with Crippen LogP contribution in [-0.2, 0) is 4.79 Å². The Bertz CT molecular complexity index is 654. The molecule has 0 spiro atoms. The summed E-state index contributed by atoms with van der Waals surface area (Å²) < 4.78 is 0. The van der Waals surface area contributed by atoms with E-state index in [0.29, 0.717) is 0 Å². The van der Waals surface area contributed by atoms with Crippen LogP contribution in [0.3, 0.4) is 0 Å². The van der Waals surface area contributed by atoms with Gasteiger partial charge in [0, 0.05) is 6.20 Å². The number of amides is 1. The topological polar surface area (TPSA) is 54.4 Å². The molecule has 112 valence electrons. The van der Waals surface area contributed by atoms with Crippen LogP contribution in [0, 0.1) is 0 Å².